The normalized spacial score (nSPS) is 22.3. The number of imide groups is 1. The van der Waals surface area contributed by atoms with Crippen molar-refractivity contribution in [1.29, 1.82) is 0 Å². The number of fused-ring (bicyclic) bond motifs is 4. The Morgan fingerprint density at radius 1 is 0.952 bits per heavy atom. The molecule has 0 bridgehead atoms. The van der Waals surface area contributed by atoms with Gasteiger partial charge in [-0.3, -0.25) is 29.3 Å². The second-order valence-electron chi connectivity index (χ2n) is 17.5. The lowest BCUT2D eigenvalue weighted by molar-refractivity contribution is -0.134. The van der Waals surface area contributed by atoms with E-state index in [9.17, 15) is 14.4 Å². The quantitative estimate of drug-likeness (QED) is 0.154. The maximum absolute atomic E-state index is 15.2. The number of para-hydroxylation sites is 1. The predicted octanol–water partition coefficient (Wildman–Crippen LogP) is 5.78. The molecule has 3 saturated heterocycles. The number of anilines is 5. The van der Waals surface area contributed by atoms with Gasteiger partial charge in [0.25, 0.3) is 5.56 Å². The number of nitrogens with zero attached hydrogens (tertiary/aromatic N) is 8. The summed E-state index contributed by atoms with van der Waals surface area (Å²) < 4.78 is 39.1. The summed E-state index contributed by atoms with van der Waals surface area (Å²) in [6, 6.07) is 10.5. The van der Waals surface area contributed by atoms with Gasteiger partial charge in [-0.1, -0.05) is 23.7 Å². The summed E-state index contributed by atoms with van der Waals surface area (Å²) in [6.07, 6.45) is 7.12. The molecule has 3 N–H and O–H groups in total. The van der Waals surface area contributed by atoms with Gasteiger partial charge in [0.1, 0.15) is 5.02 Å². The van der Waals surface area contributed by atoms with E-state index in [2.05, 4.69) is 41.7 Å². The molecule has 0 radical (unpaired) electrons. The first-order valence-corrected chi connectivity index (χ1v) is 22.0. The minimum Gasteiger partial charge on any atom is -0.480 e. The molecule has 0 spiro atoms. The Balaban J connectivity index is 0.753. The van der Waals surface area contributed by atoms with Crippen LogP contribution in [0.15, 0.2) is 47.4 Å². The lowest BCUT2D eigenvalue weighted by Crippen LogP contribution is -2.47. The van der Waals surface area contributed by atoms with Crippen molar-refractivity contribution in [1.82, 2.24) is 34.5 Å². The number of amides is 2. The smallest absolute Gasteiger partial charge is 0.301 e. The topological polar surface area (TPSA) is 155 Å². The number of piperazine rings is 1. The van der Waals surface area contributed by atoms with Gasteiger partial charge in [-0.15, -0.1) is 0 Å². The largest absolute Gasteiger partial charge is 0.480 e. The van der Waals surface area contributed by atoms with Gasteiger partial charge in [-0.2, -0.15) is 10.1 Å². The number of halogens is 3. The zero-order valence-corrected chi connectivity index (χ0v) is 35.6. The molecule has 5 aromatic rings. The second-order valence-corrected chi connectivity index (χ2v) is 17.9. The lowest BCUT2D eigenvalue weighted by atomic mass is 9.91. The monoisotopic (exact) mass is 869 g/mol. The summed E-state index contributed by atoms with van der Waals surface area (Å²) >= 11 is 6.63. The zero-order chi connectivity index (χ0) is 42.9. The van der Waals surface area contributed by atoms with Crippen LogP contribution >= 0.6 is 11.6 Å². The fourth-order valence-corrected chi connectivity index (χ4v) is 9.97. The molecular weight excluding hydrogens is 820 g/mol. The van der Waals surface area contributed by atoms with E-state index in [0.717, 1.165) is 87.4 Å². The van der Waals surface area contributed by atoms with Gasteiger partial charge < -0.3 is 29.7 Å². The number of aromatic nitrogens is 5. The van der Waals surface area contributed by atoms with Crippen LogP contribution in [0.1, 0.15) is 56.6 Å². The third kappa shape index (κ3) is 7.56. The van der Waals surface area contributed by atoms with Gasteiger partial charge in [0, 0.05) is 76.2 Å². The third-order valence-electron chi connectivity index (χ3n) is 13.5. The Morgan fingerprint density at radius 2 is 1.74 bits per heavy atom. The Hall–Kier alpha value is -5.55. The molecular formula is C44H50ClF2N11O4. The fraction of sp³-hybridized carbons (Fsp3) is 0.500. The number of piperidine rings is 2. The molecule has 15 nitrogen and oxygen atoms in total. The van der Waals surface area contributed by atoms with Gasteiger partial charge in [-0.05, 0) is 81.2 Å². The van der Waals surface area contributed by atoms with Crippen molar-refractivity contribution in [3.05, 3.63) is 63.7 Å². The minimum atomic E-state index is -3.13. The van der Waals surface area contributed by atoms with Gasteiger partial charge in [0.05, 0.1) is 46.3 Å². The van der Waals surface area contributed by atoms with E-state index >= 15 is 8.78 Å². The molecule has 10 rings (SSSR count). The molecule has 18 heteroatoms. The Morgan fingerprint density at radius 3 is 2.50 bits per heavy atom. The van der Waals surface area contributed by atoms with Crippen molar-refractivity contribution in [3.8, 4) is 5.75 Å². The summed E-state index contributed by atoms with van der Waals surface area (Å²) in [5, 5.41) is 15.5. The molecule has 2 aromatic carbocycles. The summed E-state index contributed by atoms with van der Waals surface area (Å²) in [7, 11) is 3.54. The van der Waals surface area contributed by atoms with Crippen LogP contribution in [0.25, 0.3) is 21.8 Å². The van der Waals surface area contributed by atoms with E-state index in [-0.39, 0.29) is 29.2 Å². The Labute approximate surface area is 361 Å². The lowest BCUT2D eigenvalue weighted by Gasteiger charge is -2.37. The highest BCUT2D eigenvalue weighted by Gasteiger charge is 2.51. The van der Waals surface area contributed by atoms with E-state index < -0.39 is 30.0 Å². The summed E-state index contributed by atoms with van der Waals surface area (Å²) in [6.45, 7) is 5.38. The molecule has 2 amide bonds. The van der Waals surface area contributed by atoms with Crippen molar-refractivity contribution < 1.29 is 23.1 Å². The van der Waals surface area contributed by atoms with E-state index in [1.165, 1.54) is 4.57 Å². The molecule has 326 valence electrons. The van der Waals surface area contributed by atoms with Gasteiger partial charge >= 0.3 is 5.92 Å². The van der Waals surface area contributed by atoms with Crippen LogP contribution < -0.4 is 36.0 Å². The van der Waals surface area contributed by atoms with Crippen LogP contribution in [0.5, 0.6) is 5.75 Å². The molecule has 5 aliphatic rings. The number of rotatable bonds is 9. The number of alkyl halides is 2. The zero-order valence-electron chi connectivity index (χ0n) is 34.8. The maximum atomic E-state index is 15.2. The van der Waals surface area contributed by atoms with E-state index in [0.29, 0.717) is 65.0 Å². The molecule has 3 aromatic heterocycles. The fourth-order valence-electron chi connectivity index (χ4n) is 9.83. The second kappa shape index (κ2) is 16.0. The predicted molar refractivity (Wildman–Crippen MR) is 234 cm³/mol. The first-order chi connectivity index (χ1) is 29.9. The van der Waals surface area contributed by atoms with Gasteiger partial charge in [0.2, 0.25) is 23.5 Å². The van der Waals surface area contributed by atoms with Crippen LogP contribution in [0, 0.1) is 11.8 Å². The number of aryl methyl sites for hydroxylation is 2. The van der Waals surface area contributed by atoms with Crippen LogP contribution in [0.4, 0.5) is 37.6 Å². The van der Waals surface area contributed by atoms with Crippen molar-refractivity contribution in [2.24, 2.45) is 25.9 Å². The minimum absolute atomic E-state index is 0.105. The third-order valence-corrected chi connectivity index (χ3v) is 13.8. The average molecular weight is 870 g/mol. The average Bonchev–Trinajstić information content (AvgIpc) is 4.07. The molecule has 7 heterocycles. The number of hydrogen-bond acceptors (Lipinski definition) is 12. The van der Waals surface area contributed by atoms with Crippen molar-refractivity contribution in [2.45, 2.75) is 62.8 Å². The molecule has 2 unspecified atom stereocenters. The molecule has 1 aliphatic carbocycles. The standard InChI is InChI=1S/C44H50ClF2N11O4/c1-54-32-10-8-27(22-30(32)36-38(42(54)61)62-24-44(46,47)39(51-36)26-6-7-26)49-40-31(45)23-48-43(52-40)58-20-18-56(19-21-58)15-12-25-13-16-57(17-14-25)33-5-3-4-28-35(53-55(2)37(28)33)29-9-11-34(59)50-41(29)60/h3-5,8,10,22-23,25-26,29,39,51H,6-7,9,11-21,24H2,1-2H3,(H,48,49,52)(H,50,59,60). The van der Waals surface area contributed by atoms with Crippen molar-refractivity contribution >= 4 is 74.0 Å². The highest BCUT2D eigenvalue weighted by atomic mass is 35.5. The molecule has 62 heavy (non-hydrogen) atoms. The first-order valence-electron chi connectivity index (χ1n) is 21.7. The number of carbonyl (C=O) groups is 2. The first kappa shape index (κ1) is 40.5. The molecule has 4 aliphatic heterocycles. The van der Waals surface area contributed by atoms with E-state index in [1.54, 1.807) is 25.4 Å². The van der Waals surface area contributed by atoms with Crippen LogP contribution in [-0.4, -0.2) is 105 Å². The summed E-state index contributed by atoms with van der Waals surface area (Å²) in [5.74, 6) is -2.73. The number of carbonyl (C=O) groups excluding carboxylic acids is 2. The van der Waals surface area contributed by atoms with Gasteiger partial charge in [0.15, 0.2) is 12.4 Å². The van der Waals surface area contributed by atoms with E-state index in [1.807, 2.05) is 29.9 Å². The molecule has 4 fully saturated rings. The van der Waals surface area contributed by atoms with Crippen molar-refractivity contribution in [2.75, 3.05) is 72.9 Å². The maximum Gasteiger partial charge on any atom is 0.301 e. The number of pyridine rings is 1. The number of ether oxygens (including phenoxy) is 1. The van der Waals surface area contributed by atoms with Crippen molar-refractivity contribution in [3.63, 3.8) is 0 Å². The molecule has 1 saturated carbocycles. The SMILES string of the molecule is Cn1nc(C2CCC(=O)NC2=O)c2cccc(N3CCC(CCN4CCN(c5ncc(Cl)c(Nc6ccc7c(c6)c6c(c(=O)n7C)OCC(F)(F)C(C7CC7)N6)n5)CC4)CC3)c21. The summed E-state index contributed by atoms with van der Waals surface area (Å²) in [4.78, 5) is 54.2. The number of benzene rings is 2. The van der Waals surface area contributed by atoms with Gasteiger partial charge in [-0.25, -0.2) is 13.8 Å². The number of hydrogen-bond donors (Lipinski definition) is 3. The van der Waals surface area contributed by atoms with Crippen LogP contribution in [0.2, 0.25) is 5.02 Å². The molecule has 2 atom stereocenters. The Kier molecular flexibility index (Phi) is 10.4. The highest BCUT2D eigenvalue weighted by Crippen LogP contribution is 2.46. The van der Waals surface area contributed by atoms with Crippen LogP contribution in [0.3, 0.4) is 0 Å². The highest BCUT2D eigenvalue weighted by molar-refractivity contribution is 6.33. The number of nitrogens with one attached hydrogen (secondary N) is 3. The Bertz CT molecular complexity index is 2640. The summed E-state index contributed by atoms with van der Waals surface area (Å²) in [5.41, 5.74) is 3.91. The van der Waals surface area contributed by atoms with Crippen LogP contribution in [-0.2, 0) is 23.7 Å². The van der Waals surface area contributed by atoms with E-state index in [4.69, 9.17) is 26.4 Å².